The number of carbonyl (C=O) groups excluding carboxylic acids is 1. The topological polar surface area (TPSA) is 45.2 Å². The zero-order valence-corrected chi connectivity index (χ0v) is 12.2. The van der Waals surface area contributed by atoms with Gasteiger partial charge in [0.15, 0.2) is 0 Å². The second-order valence-electron chi connectivity index (χ2n) is 5.19. The first kappa shape index (κ1) is 14.3. The van der Waals surface area contributed by atoms with Gasteiger partial charge in [0.05, 0.1) is 10.6 Å². The van der Waals surface area contributed by atoms with Crippen LogP contribution in [0.25, 0.3) is 0 Å². The van der Waals surface area contributed by atoms with Gasteiger partial charge < -0.3 is 10.2 Å². The molecule has 4 nitrogen and oxygen atoms in total. The number of aryl methyl sites for hydroxylation is 1. The zero-order chi connectivity index (χ0) is 13.8. The van der Waals surface area contributed by atoms with Crippen molar-refractivity contribution < 1.29 is 4.79 Å². The van der Waals surface area contributed by atoms with Crippen molar-refractivity contribution in [2.75, 3.05) is 19.6 Å². The SMILES string of the molecule is Cc1cc(Cl)c(C(=O)NC(C)CN2CCCC2)cn1. The first-order valence-corrected chi connectivity index (χ1v) is 7.09. The average Bonchev–Trinajstić information content (AvgIpc) is 2.81. The Kier molecular flexibility index (Phi) is 4.77. The number of rotatable bonds is 4. The van der Waals surface area contributed by atoms with E-state index in [4.69, 9.17) is 11.6 Å². The van der Waals surface area contributed by atoms with Gasteiger partial charge in [-0.05, 0) is 45.8 Å². The molecule has 1 aromatic rings. The van der Waals surface area contributed by atoms with E-state index in [1.54, 1.807) is 6.07 Å². The minimum absolute atomic E-state index is 0.114. The highest BCUT2D eigenvalue weighted by Gasteiger charge is 2.18. The predicted octanol–water partition coefficient (Wildman–Crippen LogP) is 2.26. The number of nitrogens with zero attached hydrogens (tertiary/aromatic N) is 2. The summed E-state index contributed by atoms with van der Waals surface area (Å²) in [6, 6.07) is 1.82. The van der Waals surface area contributed by atoms with Crippen LogP contribution in [-0.2, 0) is 0 Å². The number of amides is 1. The predicted molar refractivity (Wildman–Crippen MR) is 76.6 cm³/mol. The van der Waals surface area contributed by atoms with E-state index in [2.05, 4.69) is 15.2 Å². The highest BCUT2D eigenvalue weighted by atomic mass is 35.5. The van der Waals surface area contributed by atoms with Gasteiger partial charge in [-0.25, -0.2) is 0 Å². The number of likely N-dealkylation sites (tertiary alicyclic amines) is 1. The Hall–Kier alpha value is -1.13. The summed E-state index contributed by atoms with van der Waals surface area (Å²) in [5.74, 6) is -0.149. The highest BCUT2D eigenvalue weighted by molar-refractivity contribution is 6.33. The molecule has 1 aliphatic heterocycles. The quantitative estimate of drug-likeness (QED) is 0.921. The summed E-state index contributed by atoms with van der Waals surface area (Å²) < 4.78 is 0. The van der Waals surface area contributed by atoms with E-state index in [0.717, 1.165) is 25.3 Å². The number of nitrogens with one attached hydrogen (secondary N) is 1. The number of carbonyl (C=O) groups is 1. The Bertz CT molecular complexity index is 458. The van der Waals surface area contributed by atoms with Crippen LogP contribution in [0.15, 0.2) is 12.3 Å². The van der Waals surface area contributed by atoms with E-state index >= 15 is 0 Å². The second-order valence-corrected chi connectivity index (χ2v) is 5.59. The van der Waals surface area contributed by atoms with Gasteiger partial charge in [-0.1, -0.05) is 11.6 Å². The molecular formula is C14H20ClN3O. The van der Waals surface area contributed by atoms with Crippen LogP contribution in [0.5, 0.6) is 0 Å². The molecular weight excluding hydrogens is 262 g/mol. The number of hydrogen-bond donors (Lipinski definition) is 1. The van der Waals surface area contributed by atoms with Crippen LogP contribution >= 0.6 is 11.6 Å². The van der Waals surface area contributed by atoms with Crippen LogP contribution in [0.4, 0.5) is 0 Å². The third kappa shape index (κ3) is 3.91. The van der Waals surface area contributed by atoms with E-state index in [-0.39, 0.29) is 11.9 Å². The Morgan fingerprint density at radius 2 is 2.21 bits per heavy atom. The van der Waals surface area contributed by atoms with E-state index < -0.39 is 0 Å². The van der Waals surface area contributed by atoms with Crippen LogP contribution in [0.1, 0.15) is 35.8 Å². The van der Waals surface area contributed by atoms with Crippen LogP contribution in [-0.4, -0.2) is 41.5 Å². The van der Waals surface area contributed by atoms with Crippen molar-refractivity contribution in [2.24, 2.45) is 0 Å². The Morgan fingerprint density at radius 3 is 2.84 bits per heavy atom. The Balaban J connectivity index is 1.92. The van der Waals surface area contributed by atoms with Crippen molar-refractivity contribution in [3.05, 3.63) is 28.5 Å². The zero-order valence-electron chi connectivity index (χ0n) is 11.4. The number of hydrogen-bond acceptors (Lipinski definition) is 3. The lowest BCUT2D eigenvalue weighted by atomic mass is 10.2. The van der Waals surface area contributed by atoms with Crippen LogP contribution in [0.3, 0.4) is 0 Å². The van der Waals surface area contributed by atoms with Crippen LogP contribution in [0.2, 0.25) is 5.02 Å². The Labute approximate surface area is 119 Å². The fourth-order valence-corrected chi connectivity index (χ4v) is 2.69. The van der Waals surface area contributed by atoms with Crippen molar-refractivity contribution in [2.45, 2.75) is 32.7 Å². The van der Waals surface area contributed by atoms with E-state index in [9.17, 15) is 4.79 Å². The van der Waals surface area contributed by atoms with Gasteiger partial charge >= 0.3 is 0 Å². The minimum Gasteiger partial charge on any atom is -0.348 e. The lowest BCUT2D eigenvalue weighted by Gasteiger charge is -2.21. The van der Waals surface area contributed by atoms with Gasteiger partial charge in [0, 0.05) is 24.5 Å². The second kappa shape index (κ2) is 6.35. The number of pyridine rings is 1. The first-order chi connectivity index (χ1) is 9.06. The van der Waals surface area contributed by atoms with E-state index in [1.165, 1.54) is 19.0 Å². The van der Waals surface area contributed by atoms with Crippen LogP contribution in [0, 0.1) is 6.92 Å². The van der Waals surface area contributed by atoms with Gasteiger partial charge in [-0.3, -0.25) is 9.78 Å². The monoisotopic (exact) mass is 281 g/mol. The lowest BCUT2D eigenvalue weighted by Crippen LogP contribution is -2.41. The van der Waals surface area contributed by atoms with Gasteiger partial charge in [-0.15, -0.1) is 0 Å². The summed E-state index contributed by atoms with van der Waals surface area (Å²) in [4.78, 5) is 18.6. The molecule has 1 saturated heterocycles. The molecule has 104 valence electrons. The molecule has 0 saturated carbocycles. The fraction of sp³-hybridized carbons (Fsp3) is 0.571. The van der Waals surface area contributed by atoms with E-state index in [0.29, 0.717) is 10.6 Å². The molecule has 0 aliphatic carbocycles. The molecule has 0 spiro atoms. The summed E-state index contributed by atoms with van der Waals surface area (Å²) in [6.45, 7) is 7.03. The molecule has 0 aromatic carbocycles. The first-order valence-electron chi connectivity index (χ1n) is 6.71. The van der Waals surface area contributed by atoms with Crippen molar-refractivity contribution in [3.8, 4) is 0 Å². The normalized spacial score (nSPS) is 17.4. The maximum atomic E-state index is 12.1. The third-order valence-corrected chi connectivity index (χ3v) is 3.66. The van der Waals surface area contributed by atoms with Gasteiger partial charge in [-0.2, -0.15) is 0 Å². The number of halogens is 1. The summed E-state index contributed by atoms with van der Waals surface area (Å²) in [5.41, 5.74) is 1.26. The molecule has 1 amide bonds. The van der Waals surface area contributed by atoms with Gasteiger partial charge in [0.1, 0.15) is 0 Å². The molecule has 1 aliphatic rings. The van der Waals surface area contributed by atoms with Gasteiger partial charge in [0.2, 0.25) is 0 Å². The maximum Gasteiger partial charge on any atom is 0.254 e. The molecule has 0 radical (unpaired) electrons. The average molecular weight is 282 g/mol. The highest BCUT2D eigenvalue weighted by Crippen LogP contribution is 2.16. The molecule has 5 heteroatoms. The van der Waals surface area contributed by atoms with Gasteiger partial charge in [0.25, 0.3) is 5.91 Å². The molecule has 1 fully saturated rings. The molecule has 1 unspecified atom stereocenters. The molecule has 1 atom stereocenters. The molecule has 1 N–H and O–H groups in total. The minimum atomic E-state index is -0.149. The largest absolute Gasteiger partial charge is 0.348 e. The Morgan fingerprint density at radius 1 is 1.53 bits per heavy atom. The smallest absolute Gasteiger partial charge is 0.254 e. The molecule has 1 aromatic heterocycles. The fourth-order valence-electron chi connectivity index (χ4n) is 2.39. The van der Waals surface area contributed by atoms with Crippen molar-refractivity contribution in [1.29, 1.82) is 0 Å². The van der Waals surface area contributed by atoms with Crippen molar-refractivity contribution >= 4 is 17.5 Å². The summed E-state index contributed by atoms with van der Waals surface area (Å²) in [7, 11) is 0. The lowest BCUT2D eigenvalue weighted by molar-refractivity contribution is 0.0931. The number of aromatic nitrogens is 1. The molecule has 19 heavy (non-hydrogen) atoms. The van der Waals surface area contributed by atoms with E-state index in [1.807, 2.05) is 13.8 Å². The van der Waals surface area contributed by atoms with Crippen molar-refractivity contribution in [1.82, 2.24) is 15.2 Å². The summed E-state index contributed by atoms with van der Waals surface area (Å²) in [6.07, 6.45) is 4.05. The van der Waals surface area contributed by atoms with Crippen molar-refractivity contribution in [3.63, 3.8) is 0 Å². The maximum absolute atomic E-state index is 12.1. The molecule has 2 rings (SSSR count). The standard InChI is InChI=1S/C14H20ClN3O/c1-10-7-13(15)12(8-16-10)14(19)17-11(2)9-18-5-3-4-6-18/h7-8,11H,3-6,9H2,1-2H3,(H,17,19). The molecule has 0 bridgehead atoms. The summed E-state index contributed by atoms with van der Waals surface area (Å²) in [5, 5.41) is 3.44. The summed E-state index contributed by atoms with van der Waals surface area (Å²) >= 11 is 6.07. The molecule has 2 heterocycles. The van der Waals surface area contributed by atoms with Crippen LogP contribution < -0.4 is 5.32 Å². The third-order valence-electron chi connectivity index (χ3n) is 3.34.